The van der Waals surface area contributed by atoms with Crippen molar-refractivity contribution >= 4 is 40.6 Å². The minimum Gasteiger partial charge on any atom is -0.438 e. The summed E-state index contributed by atoms with van der Waals surface area (Å²) in [6.07, 6.45) is 3.45. The number of nitrogens with zero attached hydrogens (tertiary/aromatic N) is 2. The quantitative estimate of drug-likeness (QED) is 0.482. The second kappa shape index (κ2) is 8.67. The number of aromatic amines is 1. The van der Waals surface area contributed by atoms with Crippen LogP contribution in [0.5, 0.6) is 11.6 Å². The highest BCUT2D eigenvalue weighted by Gasteiger charge is 2.08. The van der Waals surface area contributed by atoms with Gasteiger partial charge in [-0.25, -0.2) is 4.98 Å². The number of H-pyrrole nitrogens is 1. The molecule has 0 fully saturated rings. The van der Waals surface area contributed by atoms with E-state index in [2.05, 4.69) is 15.3 Å². The van der Waals surface area contributed by atoms with Crippen molar-refractivity contribution in [1.29, 1.82) is 0 Å². The summed E-state index contributed by atoms with van der Waals surface area (Å²) < 4.78 is 5.88. The Labute approximate surface area is 174 Å². The third-order valence-corrected chi connectivity index (χ3v) is 4.41. The van der Waals surface area contributed by atoms with Gasteiger partial charge in [0.1, 0.15) is 5.75 Å². The van der Waals surface area contributed by atoms with Crippen molar-refractivity contribution < 1.29 is 9.53 Å². The van der Waals surface area contributed by atoms with Gasteiger partial charge >= 0.3 is 0 Å². The summed E-state index contributed by atoms with van der Waals surface area (Å²) in [5.41, 5.74) is 3.23. The average Bonchev–Trinajstić information content (AvgIpc) is 3.19. The molecule has 2 aromatic carbocycles. The second-order valence-corrected chi connectivity index (χ2v) is 6.58. The number of aromatic nitrogens is 2. The lowest BCUT2D eigenvalue weighted by molar-refractivity contribution is 0.102. The fraction of sp³-hybridized carbons (Fsp3) is 0.0909. The molecule has 4 aromatic rings. The minimum absolute atomic E-state index is 0. The Hall–Kier alpha value is -3.51. The molecule has 0 unspecified atom stereocenters. The van der Waals surface area contributed by atoms with E-state index in [-0.39, 0.29) is 18.3 Å². The second-order valence-electron chi connectivity index (χ2n) is 6.58. The molecule has 2 N–H and O–H groups in total. The van der Waals surface area contributed by atoms with E-state index in [4.69, 9.17) is 4.74 Å². The lowest BCUT2D eigenvalue weighted by Gasteiger charge is -2.12. The van der Waals surface area contributed by atoms with E-state index in [1.165, 1.54) is 0 Å². The molecule has 29 heavy (non-hydrogen) atoms. The van der Waals surface area contributed by atoms with Crippen LogP contribution in [0.2, 0.25) is 0 Å². The molecule has 2 aromatic heterocycles. The summed E-state index contributed by atoms with van der Waals surface area (Å²) in [6.45, 7) is 0. The van der Waals surface area contributed by atoms with Gasteiger partial charge in [-0.1, -0.05) is 6.07 Å². The number of pyridine rings is 1. The number of carbonyl (C=O) groups is 1. The Morgan fingerprint density at radius 2 is 1.83 bits per heavy atom. The number of anilines is 2. The molecule has 4 rings (SSSR count). The van der Waals surface area contributed by atoms with Gasteiger partial charge in [-0.3, -0.25) is 4.79 Å². The predicted molar refractivity (Wildman–Crippen MR) is 119 cm³/mol. The Kier molecular flexibility index (Phi) is 6.04. The predicted octanol–water partition coefficient (Wildman–Crippen LogP) is 5.10. The number of fused-ring (bicyclic) bond motifs is 1. The fourth-order valence-corrected chi connectivity index (χ4v) is 2.89. The lowest BCUT2D eigenvalue weighted by Crippen LogP contribution is -2.13. The largest absolute Gasteiger partial charge is 0.438 e. The molecule has 0 aliphatic heterocycles. The van der Waals surface area contributed by atoms with Crippen molar-refractivity contribution in [3.63, 3.8) is 0 Å². The van der Waals surface area contributed by atoms with Gasteiger partial charge in [0, 0.05) is 48.5 Å². The zero-order valence-corrected chi connectivity index (χ0v) is 16.9. The van der Waals surface area contributed by atoms with Crippen molar-refractivity contribution in [3.8, 4) is 11.6 Å². The van der Waals surface area contributed by atoms with Crippen molar-refractivity contribution in [2.75, 3.05) is 24.3 Å². The monoisotopic (exact) mass is 408 g/mol. The molecule has 0 spiro atoms. The molecule has 0 saturated carbocycles. The van der Waals surface area contributed by atoms with Crippen LogP contribution < -0.4 is 15.0 Å². The molecule has 148 valence electrons. The third kappa shape index (κ3) is 4.50. The normalized spacial score (nSPS) is 10.3. The van der Waals surface area contributed by atoms with Gasteiger partial charge in [0.2, 0.25) is 5.88 Å². The molecule has 0 radical (unpaired) electrons. The van der Waals surface area contributed by atoms with Crippen LogP contribution in [0.1, 0.15) is 10.4 Å². The van der Waals surface area contributed by atoms with E-state index in [9.17, 15) is 4.79 Å². The smallest absolute Gasteiger partial charge is 0.255 e. The van der Waals surface area contributed by atoms with E-state index >= 15 is 0 Å². The summed E-state index contributed by atoms with van der Waals surface area (Å²) in [5, 5.41) is 3.84. The molecule has 0 aliphatic carbocycles. The van der Waals surface area contributed by atoms with Gasteiger partial charge in [0.25, 0.3) is 5.91 Å². The maximum atomic E-state index is 12.4. The topological polar surface area (TPSA) is 70.2 Å². The minimum atomic E-state index is -0.183. The molecule has 0 bridgehead atoms. The van der Waals surface area contributed by atoms with Crippen molar-refractivity contribution in [3.05, 3.63) is 78.6 Å². The molecule has 2 heterocycles. The Bertz CT molecular complexity index is 1110. The van der Waals surface area contributed by atoms with Crippen LogP contribution in [0.15, 0.2) is 73.1 Å². The zero-order valence-electron chi connectivity index (χ0n) is 16.0. The number of nitrogens with one attached hydrogen (secondary N) is 2. The summed E-state index contributed by atoms with van der Waals surface area (Å²) in [6, 6.07) is 18.7. The molecule has 0 atom stereocenters. The zero-order chi connectivity index (χ0) is 19.5. The van der Waals surface area contributed by atoms with Crippen LogP contribution in [0.25, 0.3) is 10.9 Å². The molecular weight excluding hydrogens is 388 g/mol. The molecular formula is C22H21ClN4O2. The van der Waals surface area contributed by atoms with Crippen molar-refractivity contribution in [2.24, 2.45) is 0 Å². The van der Waals surface area contributed by atoms with E-state index in [1.807, 2.05) is 61.6 Å². The Morgan fingerprint density at radius 1 is 1.03 bits per heavy atom. The highest BCUT2D eigenvalue weighted by molar-refractivity contribution is 6.04. The van der Waals surface area contributed by atoms with Crippen LogP contribution in [0.4, 0.5) is 11.4 Å². The summed E-state index contributed by atoms with van der Waals surface area (Å²) >= 11 is 0. The lowest BCUT2D eigenvalue weighted by atomic mass is 10.2. The van der Waals surface area contributed by atoms with Gasteiger partial charge < -0.3 is 19.9 Å². The van der Waals surface area contributed by atoms with Gasteiger partial charge in [0.15, 0.2) is 0 Å². The number of halogens is 1. The number of ether oxygens (including phenoxy) is 1. The Morgan fingerprint density at radius 3 is 2.52 bits per heavy atom. The maximum absolute atomic E-state index is 12.4. The highest BCUT2D eigenvalue weighted by atomic mass is 35.5. The average molecular weight is 409 g/mol. The highest BCUT2D eigenvalue weighted by Crippen LogP contribution is 2.28. The molecule has 6 nitrogen and oxygen atoms in total. The number of amides is 1. The number of benzene rings is 2. The van der Waals surface area contributed by atoms with Crippen molar-refractivity contribution in [1.82, 2.24) is 9.97 Å². The maximum Gasteiger partial charge on any atom is 0.255 e. The first-order chi connectivity index (χ1) is 13.6. The number of hydrogen-bond acceptors (Lipinski definition) is 4. The van der Waals surface area contributed by atoms with Gasteiger partial charge in [-0.05, 0) is 48.5 Å². The Balaban J connectivity index is 0.00000240. The third-order valence-electron chi connectivity index (χ3n) is 4.41. The van der Waals surface area contributed by atoms with Crippen LogP contribution >= 0.6 is 12.4 Å². The molecule has 7 heteroatoms. The van der Waals surface area contributed by atoms with E-state index in [1.54, 1.807) is 30.5 Å². The first-order valence-corrected chi connectivity index (χ1v) is 8.89. The fourth-order valence-electron chi connectivity index (χ4n) is 2.89. The standard InChI is InChI=1S/C22H20N4O2.ClH/c1-26(2)17-9-6-15(7-10-17)22(27)25-16-8-11-21(24-14-16)28-20-5-3-4-19-18(20)12-13-23-19;/h3-14,23H,1-2H3,(H,25,27);1H. The van der Waals surface area contributed by atoms with Gasteiger partial charge in [-0.2, -0.15) is 0 Å². The van der Waals surface area contributed by atoms with E-state index in [0.29, 0.717) is 17.1 Å². The number of rotatable bonds is 5. The SMILES string of the molecule is CN(C)c1ccc(C(=O)Nc2ccc(Oc3cccc4[nH]ccc34)nc2)cc1.Cl. The van der Waals surface area contributed by atoms with Crippen LogP contribution in [-0.2, 0) is 0 Å². The summed E-state index contributed by atoms with van der Waals surface area (Å²) in [4.78, 5) is 21.8. The number of carbonyl (C=O) groups excluding carboxylic acids is 1. The first-order valence-electron chi connectivity index (χ1n) is 8.89. The summed E-state index contributed by atoms with van der Waals surface area (Å²) in [7, 11) is 3.92. The molecule has 0 saturated heterocycles. The van der Waals surface area contributed by atoms with E-state index in [0.717, 1.165) is 22.3 Å². The van der Waals surface area contributed by atoms with Crippen LogP contribution in [0.3, 0.4) is 0 Å². The summed E-state index contributed by atoms with van der Waals surface area (Å²) in [5.74, 6) is 1.00. The van der Waals surface area contributed by atoms with Gasteiger partial charge in [0.05, 0.1) is 11.9 Å². The van der Waals surface area contributed by atoms with Crippen LogP contribution in [0, 0.1) is 0 Å². The first kappa shape index (κ1) is 20.2. The van der Waals surface area contributed by atoms with Gasteiger partial charge in [-0.15, -0.1) is 12.4 Å². The number of hydrogen-bond donors (Lipinski definition) is 2. The van der Waals surface area contributed by atoms with Crippen LogP contribution in [-0.4, -0.2) is 30.0 Å². The molecule has 1 amide bonds. The van der Waals surface area contributed by atoms with Crippen molar-refractivity contribution in [2.45, 2.75) is 0 Å². The molecule has 0 aliphatic rings. The van der Waals surface area contributed by atoms with E-state index < -0.39 is 0 Å².